The van der Waals surface area contributed by atoms with Crippen LogP contribution in [0.25, 0.3) is 10.9 Å². The number of halogens is 3. The second-order valence-electron chi connectivity index (χ2n) is 5.72. The second kappa shape index (κ2) is 6.87. The van der Waals surface area contributed by atoms with Crippen LogP contribution in [0.4, 0.5) is 4.79 Å². The lowest BCUT2D eigenvalue weighted by Crippen LogP contribution is -2.41. The van der Waals surface area contributed by atoms with Gasteiger partial charge in [-0.05, 0) is 24.5 Å². The fourth-order valence-corrected chi connectivity index (χ4v) is 3.33. The third-order valence-electron chi connectivity index (χ3n) is 4.14. The Bertz CT molecular complexity index is 767. The highest BCUT2D eigenvalue weighted by molar-refractivity contribution is 6.67. The summed E-state index contributed by atoms with van der Waals surface area (Å²) in [5, 5.41) is 1.19. The number of aromatic amines is 1. The molecule has 2 heterocycles. The number of ether oxygens (including phenoxy) is 1. The lowest BCUT2D eigenvalue weighted by Gasteiger charge is -2.34. The van der Waals surface area contributed by atoms with Crippen LogP contribution < -0.4 is 0 Å². The van der Waals surface area contributed by atoms with Crippen molar-refractivity contribution in [1.82, 2.24) is 9.88 Å². The summed E-state index contributed by atoms with van der Waals surface area (Å²) in [7, 11) is 0. The molecular formula is C17H17Cl3N2O2. The fourth-order valence-electron chi connectivity index (χ4n) is 3.17. The molecule has 7 heteroatoms. The Morgan fingerprint density at radius 1 is 1.42 bits per heavy atom. The molecule has 0 fully saturated rings. The second-order valence-corrected chi connectivity index (χ2v) is 8.23. The highest BCUT2D eigenvalue weighted by Crippen LogP contribution is 2.37. The molecule has 128 valence electrons. The molecule has 0 aliphatic carbocycles. The maximum absolute atomic E-state index is 12.4. The van der Waals surface area contributed by atoms with Crippen LogP contribution in [-0.4, -0.2) is 32.9 Å². The smallest absolute Gasteiger partial charge is 0.410 e. The number of amides is 1. The first-order valence-corrected chi connectivity index (χ1v) is 8.74. The molecule has 0 saturated carbocycles. The van der Waals surface area contributed by atoms with E-state index in [1.807, 2.05) is 18.2 Å². The molecule has 0 spiro atoms. The normalized spacial score (nSPS) is 17.6. The number of alkyl halides is 3. The first kappa shape index (κ1) is 17.5. The molecule has 1 amide bonds. The average Bonchev–Trinajstić information content (AvgIpc) is 2.91. The van der Waals surface area contributed by atoms with Gasteiger partial charge in [-0.3, -0.25) is 4.90 Å². The van der Waals surface area contributed by atoms with E-state index in [0.29, 0.717) is 13.0 Å². The van der Waals surface area contributed by atoms with E-state index in [9.17, 15) is 4.79 Å². The molecule has 0 bridgehead atoms. The van der Waals surface area contributed by atoms with E-state index >= 15 is 0 Å². The van der Waals surface area contributed by atoms with Crippen LogP contribution in [0.3, 0.4) is 0 Å². The van der Waals surface area contributed by atoms with Crippen molar-refractivity contribution in [2.75, 3.05) is 13.2 Å². The van der Waals surface area contributed by atoms with Crippen molar-refractivity contribution < 1.29 is 9.53 Å². The van der Waals surface area contributed by atoms with Gasteiger partial charge < -0.3 is 9.72 Å². The predicted octanol–water partition coefficient (Wildman–Crippen LogP) is 5.15. The minimum absolute atomic E-state index is 0.165. The molecule has 0 saturated heterocycles. The highest BCUT2D eigenvalue weighted by atomic mass is 35.6. The summed E-state index contributed by atoms with van der Waals surface area (Å²) >= 11 is 17.0. The number of fused-ring (bicyclic) bond motifs is 3. The summed E-state index contributed by atoms with van der Waals surface area (Å²) in [5.41, 5.74) is 3.32. The predicted molar refractivity (Wildman–Crippen MR) is 97.9 cm³/mol. The van der Waals surface area contributed by atoms with Crippen LogP contribution in [0.15, 0.2) is 36.9 Å². The molecule has 1 aromatic heterocycles. The van der Waals surface area contributed by atoms with E-state index in [2.05, 4.69) is 17.6 Å². The van der Waals surface area contributed by atoms with Gasteiger partial charge in [0.05, 0.1) is 6.04 Å². The van der Waals surface area contributed by atoms with Gasteiger partial charge in [0.1, 0.15) is 6.61 Å². The minimum atomic E-state index is -1.62. The van der Waals surface area contributed by atoms with Gasteiger partial charge in [0.2, 0.25) is 3.79 Å². The molecule has 0 radical (unpaired) electrons. The Morgan fingerprint density at radius 3 is 2.88 bits per heavy atom. The summed E-state index contributed by atoms with van der Waals surface area (Å²) in [6.45, 7) is 4.07. The zero-order chi connectivity index (χ0) is 17.3. The Labute approximate surface area is 155 Å². The van der Waals surface area contributed by atoms with Gasteiger partial charge in [-0.15, -0.1) is 6.58 Å². The van der Waals surface area contributed by atoms with E-state index < -0.39 is 9.89 Å². The molecule has 24 heavy (non-hydrogen) atoms. The minimum Gasteiger partial charge on any atom is -0.445 e. The van der Waals surface area contributed by atoms with Crippen molar-refractivity contribution in [2.45, 2.75) is 22.7 Å². The third-order valence-corrected chi connectivity index (χ3v) is 4.47. The number of para-hydroxylation sites is 1. The summed E-state index contributed by atoms with van der Waals surface area (Å²) < 4.78 is 3.54. The van der Waals surface area contributed by atoms with Gasteiger partial charge in [-0.25, -0.2) is 4.79 Å². The number of carbonyl (C=O) groups excluding carboxylic acids is 1. The van der Waals surface area contributed by atoms with Crippen LogP contribution in [0.5, 0.6) is 0 Å². The van der Waals surface area contributed by atoms with E-state index in [1.54, 1.807) is 11.0 Å². The number of H-pyrrole nitrogens is 1. The summed E-state index contributed by atoms with van der Waals surface area (Å²) in [5.74, 6) is 0. The first-order chi connectivity index (χ1) is 11.4. The molecule has 2 aromatic rings. The number of aromatic nitrogens is 1. The quantitative estimate of drug-likeness (QED) is 0.585. The lowest BCUT2D eigenvalue weighted by atomic mass is 9.96. The van der Waals surface area contributed by atoms with E-state index in [1.165, 1.54) is 10.9 Å². The Balaban J connectivity index is 1.90. The van der Waals surface area contributed by atoms with Crippen molar-refractivity contribution in [3.05, 3.63) is 48.2 Å². The molecule has 4 nitrogen and oxygen atoms in total. The van der Waals surface area contributed by atoms with Crippen LogP contribution in [0.1, 0.15) is 23.7 Å². The van der Waals surface area contributed by atoms with Crippen molar-refractivity contribution in [3.8, 4) is 0 Å². The van der Waals surface area contributed by atoms with E-state index in [0.717, 1.165) is 17.6 Å². The molecule has 1 atom stereocenters. The molecule has 0 unspecified atom stereocenters. The number of hydrogen-bond acceptors (Lipinski definition) is 2. The van der Waals surface area contributed by atoms with Crippen LogP contribution in [-0.2, 0) is 11.2 Å². The van der Waals surface area contributed by atoms with Crippen molar-refractivity contribution >= 4 is 51.8 Å². The number of hydrogen-bond donors (Lipinski definition) is 1. The largest absolute Gasteiger partial charge is 0.445 e. The summed E-state index contributed by atoms with van der Waals surface area (Å²) in [4.78, 5) is 17.5. The summed E-state index contributed by atoms with van der Waals surface area (Å²) in [6, 6.07) is 7.96. The lowest BCUT2D eigenvalue weighted by molar-refractivity contribution is 0.0836. The van der Waals surface area contributed by atoms with Crippen LogP contribution in [0.2, 0.25) is 0 Å². The van der Waals surface area contributed by atoms with E-state index in [4.69, 9.17) is 39.5 Å². The van der Waals surface area contributed by atoms with Gasteiger partial charge in [-0.2, -0.15) is 0 Å². The molecule has 1 aliphatic rings. The van der Waals surface area contributed by atoms with Gasteiger partial charge in [-0.1, -0.05) is 59.1 Å². The fraction of sp³-hybridized carbons (Fsp3) is 0.353. The molecule has 1 N–H and O–H groups in total. The summed E-state index contributed by atoms with van der Waals surface area (Å²) in [6.07, 6.45) is 2.66. The number of nitrogens with zero attached hydrogens (tertiary/aromatic N) is 1. The molecule has 3 rings (SSSR count). The average molecular weight is 388 g/mol. The molecule has 1 aromatic carbocycles. The maximum atomic E-state index is 12.4. The van der Waals surface area contributed by atoms with Crippen LogP contribution >= 0.6 is 34.8 Å². The number of nitrogens with one attached hydrogen (secondary N) is 1. The highest BCUT2D eigenvalue weighted by Gasteiger charge is 2.34. The SMILES string of the molecule is C=CC[C@@H]1c2[nH]c3ccccc3c2CCN1C(=O)OCC(Cl)(Cl)Cl. The van der Waals surface area contributed by atoms with Gasteiger partial charge in [0, 0.05) is 23.1 Å². The van der Waals surface area contributed by atoms with E-state index in [-0.39, 0.29) is 12.6 Å². The Hall–Kier alpha value is -1.36. The van der Waals surface area contributed by atoms with Crippen molar-refractivity contribution in [2.24, 2.45) is 0 Å². The zero-order valence-electron chi connectivity index (χ0n) is 12.9. The van der Waals surface area contributed by atoms with Gasteiger partial charge >= 0.3 is 6.09 Å². The Morgan fingerprint density at radius 2 is 2.17 bits per heavy atom. The van der Waals surface area contributed by atoms with Gasteiger partial charge in [0.15, 0.2) is 0 Å². The monoisotopic (exact) mass is 386 g/mol. The third kappa shape index (κ3) is 3.51. The zero-order valence-corrected chi connectivity index (χ0v) is 15.2. The number of carbonyl (C=O) groups is 1. The Kier molecular flexibility index (Phi) is 5.00. The van der Waals surface area contributed by atoms with Crippen molar-refractivity contribution in [1.29, 1.82) is 0 Å². The maximum Gasteiger partial charge on any atom is 0.410 e. The topological polar surface area (TPSA) is 45.3 Å². The van der Waals surface area contributed by atoms with Crippen LogP contribution in [0, 0.1) is 0 Å². The molecule has 1 aliphatic heterocycles. The van der Waals surface area contributed by atoms with Gasteiger partial charge in [0.25, 0.3) is 0 Å². The number of rotatable bonds is 3. The van der Waals surface area contributed by atoms with Crippen molar-refractivity contribution in [3.63, 3.8) is 0 Å². The number of benzene rings is 1. The standard InChI is InChI=1S/C17H17Cl3N2O2/c1-2-5-14-15-12(11-6-3-4-7-13(11)21-15)8-9-22(14)16(23)24-10-17(18,19)20/h2-4,6-7,14,21H,1,5,8-10H2/t14-/m1/s1. The molecular weight excluding hydrogens is 371 g/mol. The first-order valence-electron chi connectivity index (χ1n) is 7.61.